The van der Waals surface area contributed by atoms with Gasteiger partial charge >= 0.3 is 0 Å². The number of rotatable bonds is 4. The van der Waals surface area contributed by atoms with E-state index in [1.807, 2.05) is 14.0 Å². The van der Waals surface area contributed by atoms with Crippen molar-refractivity contribution in [3.63, 3.8) is 0 Å². The van der Waals surface area contributed by atoms with E-state index >= 15 is 0 Å². The average Bonchev–Trinajstić information content (AvgIpc) is 2.69. The first-order valence-corrected chi connectivity index (χ1v) is 7.01. The van der Waals surface area contributed by atoms with Gasteiger partial charge in [-0.05, 0) is 51.1 Å². The molecular formula is C15H17F2NS. The summed E-state index contributed by atoms with van der Waals surface area (Å²) >= 11 is 1.67. The van der Waals surface area contributed by atoms with Gasteiger partial charge < -0.3 is 5.32 Å². The fourth-order valence-electron chi connectivity index (χ4n) is 2.05. The average molecular weight is 281 g/mol. The summed E-state index contributed by atoms with van der Waals surface area (Å²) in [6.07, 6.45) is 0.314. The predicted octanol–water partition coefficient (Wildman–Crippen LogP) is 4.15. The topological polar surface area (TPSA) is 12.0 Å². The molecule has 0 saturated carbocycles. The number of nitrogens with one attached hydrogen (secondary N) is 1. The van der Waals surface area contributed by atoms with Crippen LogP contribution in [0.5, 0.6) is 0 Å². The van der Waals surface area contributed by atoms with Crippen LogP contribution in [0.3, 0.4) is 0 Å². The maximum atomic E-state index is 13.7. The molecule has 1 aromatic carbocycles. The molecule has 1 unspecified atom stereocenters. The van der Waals surface area contributed by atoms with E-state index < -0.39 is 11.6 Å². The van der Waals surface area contributed by atoms with Crippen LogP contribution in [0.2, 0.25) is 0 Å². The van der Waals surface area contributed by atoms with Crippen LogP contribution in [0, 0.1) is 25.5 Å². The summed E-state index contributed by atoms with van der Waals surface area (Å²) in [6, 6.07) is 6.01. The number of halogens is 2. The zero-order chi connectivity index (χ0) is 14.0. The van der Waals surface area contributed by atoms with Crippen LogP contribution in [0.4, 0.5) is 8.78 Å². The highest BCUT2D eigenvalue weighted by Gasteiger charge is 2.18. The van der Waals surface area contributed by atoms with Crippen LogP contribution in [-0.4, -0.2) is 7.05 Å². The van der Waals surface area contributed by atoms with Crippen molar-refractivity contribution in [2.45, 2.75) is 26.3 Å². The molecule has 1 aromatic heterocycles. The van der Waals surface area contributed by atoms with E-state index in [1.54, 1.807) is 11.3 Å². The third kappa shape index (κ3) is 3.01. The second kappa shape index (κ2) is 5.80. The first-order valence-electron chi connectivity index (χ1n) is 6.20. The monoisotopic (exact) mass is 281 g/mol. The first kappa shape index (κ1) is 14.2. The number of benzene rings is 1. The second-order valence-corrected chi connectivity index (χ2v) is 5.92. The predicted molar refractivity (Wildman–Crippen MR) is 75.7 cm³/mol. The van der Waals surface area contributed by atoms with Gasteiger partial charge in [-0.1, -0.05) is 6.07 Å². The minimum absolute atomic E-state index is 0.0659. The largest absolute Gasteiger partial charge is 0.312 e. The quantitative estimate of drug-likeness (QED) is 0.888. The summed E-state index contributed by atoms with van der Waals surface area (Å²) in [7, 11) is 1.81. The molecule has 2 aromatic rings. The molecule has 0 aliphatic rings. The van der Waals surface area contributed by atoms with Gasteiger partial charge in [-0.15, -0.1) is 11.3 Å². The minimum atomic E-state index is -0.481. The third-order valence-corrected chi connectivity index (χ3v) is 4.61. The molecular weight excluding hydrogens is 264 g/mol. The van der Waals surface area contributed by atoms with Crippen LogP contribution >= 0.6 is 11.3 Å². The lowest BCUT2D eigenvalue weighted by atomic mass is 10.0. The maximum Gasteiger partial charge on any atom is 0.129 e. The Hall–Kier alpha value is -1.26. The molecule has 102 valence electrons. The van der Waals surface area contributed by atoms with Gasteiger partial charge in [-0.2, -0.15) is 0 Å². The molecule has 0 amide bonds. The van der Waals surface area contributed by atoms with Crippen molar-refractivity contribution in [2.24, 2.45) is 0 Å². The van der Waals surface area contributed by atoms with E-state index in [-0.39, 0.29) is 11.6 Å². The number of thiophene rings is 1. The summed E-state index contributed by atoms with van der Waals surface area (Å²) in [6.45, 7) is 4.10. The van der Waals surface area contributed by atoms with Crippen molar-refractivity contribution in [3.05, 3.63) is 56.8 Å². The zero-order valence-corrected chi connectivity index (χ0v) is 12.1. The molecule has 0 bridgehead atoms. The van der Waals surface area contributed by atoms with Gasteiger partial charge in [0.25, 0.3) is 0 Å². The number of hydrogen-bond donors (Lipinski definition) is 1. The molecule has 0 aliphatic heterocycles. The van der Waals surface area contributed by atoms with E-state index in [0.29, 0.717) is 6.42 Å². The van der Waals surface area contributed by atoms with Gasteiger partial charge in [0.05, 0.1) is 0 Å². The summed E-state index contributed by atoms with van der Waals surface area (Å²) in [5.74, 6) is -0.962. The summed E-state index contributed by atoms with van der Waals surface area (Å²) in [5, 5.41) is 3.14. The minimum Gasteiger partial charge on any atom is -0.312 e. The van der Waals surface area contributed by atoms with Crippen molar-refractivity contribution < 1.29 is 8.78 Å². The lowest BCUT2D eigenvalue weighted by molar-refractivity contribution is 0.518. The third-order valence-electron chi connectivity index (χ3n) is 3.35. The highest BCUT2D eigenvalue weighted by Crippen LogP contribution is 2.29. The lowest BCUT2D eigenvalue weighted by Gasteiger charge is -2.15. The van der Waals surface area contributed by atoms with Crippen molar-refractivity contribution in [3.8, 4) is 0 Å². The fraction of sp³-hybridized carbons (Fsp3) is 0.333. The van der Waals surface area contributed by atoms with E-state index in [4.69, 9.17) is 0 Å². The van der Waals surface area contributed by atoms with Crippen LogP contribution in [0.25, 0.3) is 0 Å². The fourth-order valence-corrected chi connectivity index (χ4v) is 3.20. The number of hydrogen-bond acceptors (Lipinski definition) is 2. The standard InChI is InChI=1S/C15H17F2NS/c1-9-7-15(19-10(9)2)14(18-3)8-11-12(16)5-4-6-13(11)17/h4-7,14,18H,8H2,1-3H3. The van der Waals surface area contributed by atoms with Crippen molar-refractivity contribution in [1.82, 2.24) is 5.32 Å². The number of aryl methyl sites for hydroxylation is 2. The van der Waals surface area contributed by atoms with E-state index in [0.717, 1.165) is 4.88 Å². The molecule has 0 radical (unpaired) electrons. The summed E-state index contributed by atoms with van der Waals surface area (Å²) in [5.41, 5.74) is 1.36. The molecule has 0 aliphatic carbocycles. The Labute approximate surface area is 116 Å². The van der Waals surface area contributed by atoms with E-state index in [9.17, 15) is 8.78 Å². The summed E-state index contributed by atoms with van der Waals surface area (Å²) in [4.78, 5) is 2.35. The van der Waals surface area contributed by atoms with E-state index in [1.165, 1.54) is 28.6 Å². The Morgan fingerprint density at radius 1 is 1.21 bits per heavy atom. The van der Waals surface area contributed by atoms with Gasteiger partial charge in [0.1, 0.15) is 11.6 Å². The van der Waals surface area contributed by atoms with Crippen LogP contribution in [0.15, 0.2) is 24.3 Å². The second-order valence-electron chi connectivity index (χ2n) is 4.63. The van der Waals surface area contributed by atoms with Crippen molar-refractivity contribution >= 4 is 11.3 Å². The van der Waals surface area contributed by atoms with Gasteiger partial charge in [0, 0.05) is 21.4 Å². The summed E-state index contributed by atoms with van der Waals surface area (Å²) < 4.78 is 27.4. The van der Waals surface area contributed by atoms with Gasteiger partial charge in [0.15, 0.2) is 0 Å². The molecule has 1 atom stereocenters. The number of likely N-dealkylation sites (N-methyl/N-ethyl adjacent to an activating group) is 1. The van der Waals surface area contributed by atoms with Gasteiger partial charge in [-0.3, -0.25) is 0 Å². The van der Waals surface area contributed by atoms with Gasteiger partial charge in [-0.25, -0.2) is 8.78 Å². The maximum absolute atomic E-state index is 13.7. The smallest absolute Gasteiger partial charge is 0.129 e. The molecule has 1 N–H and O–H groups in total. The van der Waals surface area contributed by atoms with Crippen LogP contribution in [0.1, 0.15) is 26.9 Å². The molecule has 0 saturated heterocycles. The van der Waals surface area contributed by atoms with Crippen molar-refractivity contribution in [1.29, 1.82) is 0 Å². The Morgan fingerprint density at radius 3 is 2.32 bits per heavy atom. The molecule has 1 heterocycles. The lowest BCUT2D eigenvalue weighted by Crippen LogP contribution is -2.19. The highest BCUT2D eigenvalue weighted by molar-refractivity contribution is 7.12. The normalized spacial score (nSPS) is 12.7. The molecule has 2 rings (SSSR count). The highest BCUT2D eigenvalue weighted by atomic mass is 32.1. The molecule has 0 fully saturated rings. The van der Waals surface area contributed by atoms with Gasteiger partial charge in [0.2, 0.25) is 0 Å². The Kier molecular flexibility index (Phi) is 4.32. The SMILES string of the molecule is CNC(Cc1c(F)cccc1F)c1cc(C)c(C)s1. The zero-order valence-electron chi connectivity index (χ0n) is 11.3. The Morgan fingerprint density at radius 2 is 1.84 bits per heavy atom. The van der Waals surface area contributed by atoms with Crippen LogP contribution < -0.4 is 5.32 Å². The molecule has 1 nitrogen and oxygen atoms in total. The van der Waals surface area contributed by atoms with Crippen LogP contribution in [-0.2, 0) is 6.42 Å². The van der Waals surface area contributed by atoms with Crippen molar-refractivity contribution in [2.75, 3.05) is 7.05 Å². The Balaban J connectivity index is 2.29. The molecule has 4 heteroatoms. The first-order chi connectivity index (χ1) is 9.02. The molecule has 0 spiro atoms. The Bertz CT molecular complexity index is 538. The molecule has 19 heavy (non-hydrogen) atoms. The van der Waals surface area contributed by atoms with E-state index in [2.05, 4.69) is 18.3 Å².